The highest BCUT2D eigenvalue weighted by Gasteiger charge is 2.28. The minimum absolute atomic E-state index is 0.195. The minimum Gasteiger partial charge on any atom is -0.465 e. The number of hydrogen-bond donors (Lipinski definition) is 2. The lowest BCUT2D eigenvalue weighted by atomic mass is 10.0. The highest BCUT2D eigenvalue weighted by atomic mass is 16.4. The van der Waals surface area contributed by atoms with E-state index in [1.807, 2.05) is 0 Å². The Balaban J connectivity index is 2.62. The van der Waals surface area contributed by atoms with Crippen molar-refractivity contribution >= 4 is 6.09 Å². The molecule has 0 radical (unpaired) electrons. The van der Waals surface area contributed by atoms with E-state index >= 15 is 0 Å². The Kier molecular flexibility index (Phi) is 2.94. The van der Waals surface area contributed by atoms with E-state index in [1.54, 1.807) is 0 Å². The fourth-order valence-corrected chi connectivity index (χ4v) is 1.31. The number of hydrogen-bond acceptors (Lipinski definition) is 3. The number of carbonyl (C=O) groups is 1. The maximum absolute atomic E-state index is 10.6. The first-order valence-electron chi connectivity index (χ1n) is 3.93. The lowest BCUT2D eigenvalue weighted by Gasteiger charge is -2.32. The monoisotopic (exact) mass is 185 g/mol. The molecule has 7 heteroatoms. The van der Waals surface area contributed by atoms with Crippen LogP contribution in [0.5, 0.6) is 0 Å². The molecule has 1 heterocycles. The summed E-state index contributed by atoms with van der Waals surface area (Å²) in [5.41, 5.74) is 13.8. The zero-order valence-corrected chi connectivity index (χ0v) is 7.00. The van der Waals surface area contributed by atoms with Gasteiger partial charge in [-0.15, -0.1) is 0 Å². The molecule has 0 spiro atoms. The first kappa shape index (κ1) is 9.63. The summed E-state index contributed by atoms with van der Waals surface area (Å²) in [5, 5.41) is 12.1. The van der Waals surface area contributed by atoms with Crippen molar-refractivity contribution in [2.75, 3.05) is 13.1 Å². The smallest absolute Gasteiger partial charge is 0.407 e. The van der Waals surface area contributed by atoms with E-state index in [2.05, 4.69) is 10.0 Å². The molecule has 0 bridgehead atoms. The summed E-state index contributed by atoms with van der Waals surface area (Å²) in [4.78, 5) is 14.4. The summed E-state index contributed by atoms with van der Waals surface area (Å²) >= 11 is 0. The Bertz CT molecular complexity index is 249. The van der Waals surface area contributed by atoms with E-state index in [0.29, 0.717) is 13.0 Å². The van der Waals surface area contributed by atoms with Crippen LogP contribution in [-0.2, 0) is 0 Å². The molecule has 1 saturated heterocycles. The molecule has 3 N–H and O–H groups in total. The normalized spacial score (nSPS) is 27.9. The van der Waals surface area contributed by atoms with Gasteiger partial charge in [-0.05, 0) is 12.0 Å². The lowest BCUT2D eigenvalue weighted by Crippen LogP contribution is -2.51. The molecule has 7 nitrogen and oxygen atoms in total. The highest BCUT2D eigenvalue weighted by molar-refractivity contribution is 5.65. The molecule has 2 atom stereocenters. The van der Waals surface area contributed by atoms with Crippen molar-refractivity contribution in [2.45, 2.75) is 18.5 Å². The second-order valence-corrected chi connectivity index (χ2v) is 2.95. The summed E-state index contributed by atoms with van der Waals surface area (Å²) in [6.07, 6.45) is -0.458. The van der Waals surface area contributed by atoms with Crippen LogP contribution in [0.25, 0.3) is 10.4 Å². The maximum atomic E-state index is 10.6. The van der Waals surface area contributed by atoms with Crippen molar-refractivity contribution in [3.05, 3.63) is 10.4 Å². The molecule has 0 aliphatic carbocycles. The number of likely N-dealkylation sites (tertiary alicyclic amines) is 1. The van der Waals surface area contributed by atoms with Crippen LogP contribution in [-0.4, -0.2) is 41.3 Å². The fraction of sp³-hybridized carbons (Fsp3) is 0.833. The van der Waals surface area contributed by atoms with E-state index in [-0.39, 0.29) is 12.6 Å². The third kappa shape index (κ3) is 2.24. The molecule has 1 fully saturated rings. The van der Waals surface area contributed by atoms with Crippen LogP contribution >= 0.6 is 0 Å². The summed E-state index contributed by atoms with van der Waals surface area (Å²) in [6.45, 7) is 0.606. The Morgan fingerprint density at radius 2 is 2.46 bits per heavy atom. The second-order valence-electron chi connectivity index (χ2n) is 2.95. The van der Waals surface area contributed by atoms with Crippen molar-refractivity contribution in [3.63, 3.8) is 0 Å². The van der Waals surface area contributed by atoms with E-state index < -0.39 is 12.1 Å². The van der Waals surface area contributed by atoms with Gasteiger partial charge < -0.3 is 15.7 Å². The number of rotatable bonds is 1. The summed E-state index contributed by atoms with van der Waals surface area (Å²) < 4.78 is 0. The lowest BCUT2D eigenvalue weighted by molar-refractivity contribution is 0.126. The largest absolute Gasteiger partial charge is 0.465 e. The Labute approximate surface area is 74.7 Å². The molecule has 1 aliphatic heterocycles. The molecule has 0 aromatic heterocycles. The number of azide groups is 1. The topological polar surface area (TPSA) is 115 Å². The van der Waals surface area contributed by atoms with Crippen LogP contribution in [0.2, 0.25) is 0 Å². The average Bonchev–Trinajstić information content (AvgIpc) is 2.08. The fourth-order valence-electron chi connectivity index (χ4n) is 1.31. The molecular weight excluding hydrogens is 174 g/mol. The first-order valence-corrected chi connectivity index (χ1v) is 3.93. The minimum atomic E-state index is -0.995. The molecule has 1 amide bonds. The zero-order chi connectivity index (χ0) is 9.84. The first-order chi connectivity index (χ1) is 6.15. The van der Waals surface area contributed by atoms with Crippen LogP contribution in [0.4, 0.5) is 4.79 Å². The van der Waals surface area contributed by atoms with Gasteiger partial charge in [0.15, 0.2) is 0 Å². The molecule has 1 rings (SSSR count). The molecule has 72 valence electrons. The van der Waals surface area contributed by atoms with Crippen molar-refractivity contribution < 1.29 is 9.90 Å². The van der Waals surface area contributed by atoms with Gasteiger partial charge in [0, 0.05) is 24.0 Å². The molecular formula is C6H11N5O2. The number of carboxylic acid groups (broad SMARTS) is 1. The Hall–Kier alpha value is -1.46. The molecule has 0 aromatic carbocycles. The predicted octanol–water partition coefficient (Wildman–Crippen LogP) is 0.376. The van der Waals surface area contributed by atoms with Crippen LogP contribution in [0.1, 0.15) is 6.42 Å². The van der Waals surface area contributed by atoms with E-state index in [9.17, 15) is 4.79 Å². The molecule has 13 heavy (non-hydrogen) atoms. The van der Waals surface area contributed by atoms with E-state index in [4.69, 9.17) is 16.4 Å². The van der Waals surface area contributed by atoms with Gasteiger partial charge in [-0.3, -0.25) is 0 Å². The zero-order valence-electron chi connectivity index (χ0n) is 7.00. The second kappa shape index (κ2) is 3.97. The Morgan fingerprint density at radius 3 is 3.00 bits per heavy atom. The Morgan fingerprint density at radius 1 is 1.77 bits per heavy atom. The van der Waals surface area contributed by atoms with Gasteiger partial charge in [0.25, 0.3) is 0 Å². The quantitative estimate of drug-likeness (QED) is 0.349. The van der Waals surface area contributed by atoms with Crippen LogP contribution in [0.3, 0.4) is 0 Å². The molecule has 1 aliphatic rings. The van der Waals surface area contributed by atoms with Crippen LogP contribution in [0, 0.1) is 0 Å². The number of nitrogens with zero attached hydrogens (tertiary/aromatic N) is 4. The molecule has 0 aromatic rings. The van der Waals surface area contributed by atoms with Gasteiger partial charge in [0.1, 0.15) is 0 Å². The maximum Gasteiger partial charge on any atom is 0.407 e. The standard InChI is InChI=1S/C6H11N5O2/c7-4-1-2-11(6(12)13)3-5(4)9-10-8/h4-5H,1-3,7H2,(H,12,13). The molecule has 0 saturated carbocycles. The van der Waals surface area contributed by atoms with Crippen LogP contribution in [0.15, 0.2) is 5.11 Å². The summed E-state index contributed by atoms with van der Waals surface area (Å²) in [5.74, 6) is 0. The van der Waals surface area contributed by atoms with Crippen molar-refractivity contribution in [1.29, 1.82) is 0 Å². The van der Waals surface area contributed by atoms with Gasteiger partial charge in [0.2, 0.25) is 0 Å². The summed E-state index contributed by atoms with van der Waals surface area (Å²) in [6, 6.07) is -0.665. The average molecular weight is 185 g/mol. The van der Waals surface area contributed by atoms with E-state index in [1.165, 1.54) is 4.90 Å². The summed E-state index contributed by atoms with van der Waals surface area (Å²) in [7, 11) is 0. The van der Waals surface area contributed by atoms with Gasteiger partial charge >= 0.3 is 6.09 Å². The van der Waals surface area contributed by atoms with Gasteiger partial charge in [0.05, 0.1) is 6.04 Å². The molecule has 2 unspecified atom stereocenters. The van der Waals surface area contributed by atoms with Crippen LogP contribution < -0.4 is 5.73 Å². The van der Waals surface area contributed by atoms with Crippen molar-refractivity contribution in [3.8, 4) is 0 Å². The van der Waals surface area contributed by atoms with Crippen molar-refractivity contribution in [1.82, 2.24) is 4.90 Å². The third-order valence-corrected chi connectivity index (χ3v) is 2.10. The SMILES string of the molecule is [N-]=[N+]=NC1CN(C(=O)O)CCC1N. The number of piperidine rings is 1. The van der Waals surface area contributed by atoms with Crippen molar-refractivity contribution in [2.24, 2.45) is 10.8 Å². The predicted molar refractivity (Wildman–Crippen MR) is 45.1 cm³/mol. The van der Waals surface area contributed by atoms with Gasteiger partial charge in [-0.2, -0.15) is 0 Å². The highest BCUT2D eigenvalue weighted by Crippen LogP contribution is 2.12. The third-order valence-electron chi connectivity index (χ3n) is 2.10. The number of nitrogens with two attached hydrogens (primary N) is 1. The van der Waals surface area contributed by atoms with Gasteiger partial charge in [-0.25, -0.2) is 4.79 Å². The van der Waals surface area contributed by atoms with Gasteiger partial charge in [-0.1, -0.05) is 5.11 Å². The number of amides is 1. The van der Waals surface area contributed by atoms with E-state index in [0.717, 1.165) is 0 Å².